The van der Waals surface area contributed by atoms with Crippen LogP contribution in [0.15, 0.2) is 42.6 Å². The van der Waals surface area contributed by atoms with Gasteiger partial charge in [0.15, 0.2) is 0 Å². The van der Waals surface area contributed by atoms with Crippen molar-refractivity contribution in [2.45, 2.75) is 24.9 Å². The van der Waals surface area contributed by atoms with Gasteiger partial charge >= 0.3 is 57.6 Å². The third kappa shape index (κ3) is 7.93. The minimum absolute atomic E-state index is 0. The molecule has 0 aliphatic carbocycles. The first kappa shape index (κ1) is 32.9. The van der Waals surface area contributed by atoms with Gasteiger partial charge < -0.3 is 31.7 Å². The molecular weight excluding hydrogens is 512 g/mol. The van der Waals surface area contributed by atoms with Crippen LogP contribution < -0.4 is 68.2 Å². The van der Waals surface area contributed by atoms with E-state index in [0.29, 0.717) is 22.5 Å². The van der Waals surface area contributed by atoms with Gasteiger partial charge in [-0.2, -0.15) is 13.2 Å². The first-order valence-corrected chi connectivity index (χ1v) is 11.1. The Labute approximate surface area is 256 Å². The Balaban J connectivity index is 0.00000131. The van der Waals surface area contributed by atoms with E-state index in [-0.39, 0.29) is 68.8 Å². The molecule has 1 aliphatic heterocycles. The number of piperidine rings is 1. The van der Waals surface area contributed by atoms with Gasteiger partial charge in [0.25, 0.3) is 0 Å². The molecule has 9 nitrogen and oxygen atoms in total. The van der Waals surface area contributed by atoms with Gasteiger partial charge in [-0.1, -0.05) is 24.3 Å². The van der Waals surface area contributed by atoms with Crippen molar-refractivity contribution in [1.82, 2.24) is 20.0 Å². The summed E-state index contributed by atoms with van der Waals surface area (Å²) in [4.78, 5) is 16.9. The quantitative estimate of drug-likeness (QED) is 0.210. The molecule has 0 spiro atoms. The Bertz CT molecular complexity index is 1150. The van der Waals surface area contributed by atoms with Gasteiger partial charge in [0.1, 0.15) is 18.4 Å². The van der Waals surface area contributed by atoms with Crippen LogP contribution in [0, 0.1) is 5.41 Å². The number of halogens is 3. The van der Waals surface area contributed by atoms with Gasteiger partial charge in [0.05, 0.1) is 22.6 Å². The van der Waals surface area contributed by atoms with Crippen molar-refractivity contribution in [3.05, 3.63) is 65.1 Å². The number of carbonyl (C=O) groups is 1. The largest absolute Gasteiger partial charge is 1.00 e. The smallest absolute Gasteiger partial charge is 0.618 e. The van der Waals surface area contributed by atoms with E-state index in [1.54, 1.807) is 36.0 Å². The monoisotopic (exact) mass is 542 g/mol. The van der Waals surface area contributed by atoms with E-state index in [1.165, 1.54) is 7.05 Å². The van der Waals surface area contributed by atoms with Gasteiger partial charge in [-0.15, -0.1) is 7.05 Å². The van der Waals surface area contributed by atoms with E-state index in [9.17, 15) is 13.2 Å². The fourth-order valence-electron chi connectivity index (χ4n) is 3.98. The van der Waals surface area contributed by atoms with Crippen LogP contribution in [0.1, 0.15) is 35.8 Å². The molecule has 37 heavy (non-hydrogen) atoms. The van der Waals surface area contributed by atoms with Crippen molar-refractivity contribution < 1.29 is 69.4 Å². The molecule has 194 valence electrons. The van der Waals surface area contributed by atoms with Crippen LogP contribution in [0.25, 0.3) is 27.9 Å². The molecule has 2 aromatic heterocycles. The average Bonchev–Trinajstić information content (AvgIpc) is 3.31. The van der Waals surface area contributed by atoms with E-state index >= 15 is 0 Å². The zero-order chi connectivity index (χ0) is 26.9. The van der Waals surface area contributed by atoms with Crippen LogP contribution >= 0.6 is 0 Å². The molecule has 1 saturated heterocycles. The minimum Gasteiger partial charge on any atom is -0.618 e. The molecule has 1 unspecified atom stereocenters. The Morgan fingerprint density at radius 3 is 2.32 bits per heavy atom. The number of alkyl halides is 3. The molecule has 13 heteroatoms. The number of carbonyl (C=O) groups excluding carboxylic acids is 1. The van der Waals surface area contributed by atoms with E-state index in [1.807, 2.05) is 6.79 Å². The average molecular weight is 543 g/mol. The summed E-state index contributed by atoms with van der Waals surface area (Å²) < 4.78 is 40.7. The van der Waals surface area contributed by atoms with E-state index in [4.69, 9.17) is 20.9 Å². The second-order valence-corrected chi connectivity index (χ2v) is 7.64. The molecule has 0 amide bonds. The van der Waals surface area contributed by atoms with Crippen LogP contribution in [-0.4, -0.2) is 54.5 Å². The molecule has 1 aromatic carbocycles. The molecule has 1 aliphatic rings. The fourth-order valence-corrected chi connectivity index (χ4v) is 3.98. The number of pyridine rings is 1. The third-order valence-corrected chi connectivity index (χ3v) is 5.54. The Hall–Kier alpha value is -2.13. The molecular formula is C24H30F3KN8O. The summed E-state index contributed by atoms with van der Waals surface area (Å²) in [5.41, 5.74) is 16.3. The first-order valence-electron chi connectivity index (χ1n) is 11.1. The number of aromatic nitrogens is 3. The van der Waals surface area contributed by atoms with Crippen LogP contribution in [-0.2, 0) is 11.0 Å². The van der Waals surface area contributed by atoms with Gasteiger partial charge in [-0.05, 0) is 38.6 Å². The number of nitrogen functional groups attached to an aromatic ring is 1. The van der Waals surface area contributed by atoms with Crippen molar-refractivity contribution in [2.24, 2.45) is 11.5 Å². The van der Waals surface area contributed by atoms with E-state index in [0.717, 1.165) is 50.1 Å². The maximum absolute atomic E-state index is 13.0. The number of nitrogens with one attached hydrogen (secondary N) is 2. The van der Waals surface area contributed by atoms with Gasteiger partial charge in [-0.3, -0.25) is 10.4 Å². The van der Waals surface area contributed by atoms with Crippen molar-refractivity contribution in [3.8, 4) is 22.5 Å². The van der Waals surface area contributed by atoms with E-state index < -0.39 is 11.7 Å². The first-order chi connectivity index (χ1) is 17.3. The summed E-state index contributed by atoms with van der Waals surface area (Å²) in [6.07, 6.45) is -1.31. The molecule has 1 atom stereocenters. The molecule has 0 radical (unpaired) electrons. The summed E-state index contributed by atoms with van der Waals surface area (Å²) in [6.45, 7) is 3.72. The number of rotatable bonds is 5. The van der Waals surface area contributed by atoms with Gasteiger partial charge in [-0.25, -0.2) is 4.98 Å². The van der Waals surface area contributed by atoms with Crippen LogP contribution in [0.2, 0.25) is 0 Å². The number of nitrogens with zero attached hydrogens (tertiary/aromatic N) is 4. The van der Waals surface area contributed by atoms with Crippen molar-refractivity contribution in [1.29, 1.82) is 5.41 Å². The van der Waals surface area contributed by atoms with Gasteiger partial charge in [0.2, 0.25) is 0 Å². The Kier molecular flexibility index (Phi) is 13.6. The zero-order valence-corrected chi connectivity index (χ0v) is 24.3. The molecule has 0 bridgehead atoms. The van der Waals surface area contributed by atoms with Crippen LogP contribution in [0.4, 0.5) is 13.2 Å². The summed E-state index contributed by atoms with van der Waals surface area (Å²) in [6, 6.07) is 8.83. The summed E-state index contributed by atoms with van der Waals surface area (Å²) >= 11 is 0. The van der Waals surface area contributed by atoms with Crippen molar-refractivity contribution >= 4 is 12.6 Å². The second-order valence-electron chi connectivity index (χ2n) is 7.64. The maximum atomic E-state index is 13.0. The predicted molar refractivity (Wildman–Crippen MR) is 134 cm³/mol. The number of hydrogen-bond donors (Lipinski definition) is 4. The third-order valence-electron chi connectivity index (χ3n) is 5.54. The summed E-state index contributed by atoms with van der Waals surface area (Å²) in [5.74, 6) is 0.730. The standard InChI is InChI=1S/C22H23F3N7.CH5N.CH2O.K/c1-28-32-19(20(26)27)18(31-21(32)15-3-2-9-29-12-15)14-6-4-13(5-7-14)17-11-16(8-10-30-17)22(23,24)25;2*1-2;/h4-8,10-11,15,29H,2-3,9,12H2,1H3,(H3,26,27);2H2,1H3;1H2;/q-1;;;+1. The SMILES string of the molecule is C=O.CN.C[N-]n1c(C2CCCNC2)nc(-c2ccc(-c3cc(C(F)(F)F)ccn3)cc2)c1C(=N)N.[K+]. The molecule has 6 N–H and O–H groups in total. The number of hydrogen-bond acceptors (Lipinski definition) is 6. The molecule has 0 saturated carbocycles. The number of amidine groups is 1. The van der Waals surface area contributed by atoms with E-state index in [2.05, 4.69) is 21.5 Å². The van der Waals surface area contributed by atoms with Crippen molar-refractivity contribution in [3.63, 3.8) is 0 Å². The number of benzene rings is 1. The summed E-state index contributed by atoms with van der Waals surface area (Å²) in [5, 5.41) is 11.4. The zero-order valence-electron chi connectivity index (χ0n) is 21.1. The molecule has 3 heterocycles. The Morgan fingerprint density at radius 1 is 1.19 bits per heavy atom. The normalized spacial score (nSPS) is 14.7. The summed E-state index contributed by atoms with van der Waals surface area (Å²) in [7, 11) is 3.13. The Morgan fingerprint density at radius 2 is 1.81 bits per heavy atom. The predicted octanol–water partition coefficient (Wildman–Crippen LogP) is 0.543. The number of nitrogens with two attached hydrogens (primary N) is 2. The van der Waals surface area contributed by atoms with Crippen LogP contribution in [0.5, 0.6) is 0 Å². The maximum Gasteiger partial charge on any atom is 1.00 e. The number of imidazole rings is 1. The van der Waals surface area contributed by atoms with Crippen LogP contribution in [0.3, 0.4) is 0 Å². The molecule has 3 aromatic rings. The van der Waals surface area contributed by atoms with Crippen molar-refractivity contribution in [2.75, 3.05) is 27.2 Å². The van der Waals surface area contributed by atoms with Gasteiger partial charge in [0, 0.05) is 29.8 Å². The minimum atomic E-state index is -4.44. The molecule has 4 rings (SSSR count). The fraction of sp³-hybridized carbons (Fsp3) is 0.333. The molecule has 1 fully saturated rings. The second kappa shape index (κ2) is 15.3. The topological polar surface area (TPSA) is 150 Å².